The summed E-state index contributed by atoms with van der Waals surface area (Å²) in [4.78, 5) is 14.3. The minimum absolute atomic E-state index is 0.166. The molecule has 0 heterocycles. The molecular formula is C16H23NO2. The highest BCUT2D eigenvalue weighted by Gasteiger charge is 2.36. The first-order chi connectivity index (χ1) is 8.95. The summed E-state index contributed by atoms with van der Waals surface area (Å²) in [6.45, 7) is 6.26. The van der Waals surface area contributed by atoms with Gasteiger partial charge in [0, 0.05) is 6.04 Å². The molecular weight excluding hydrogens is 238 g/mol. The van der Waals surface area contributed by atoms with Gasteiger partial charge in [-0.1, -0.05) is 12.1 Å². The minimum atomic E-state index is -0.281. The fraction of sp³-hybridized carbons (Fsp3) is 0.562. The lowest BCUT2D eigenvalue weighted by atomic mass is 9.95. The summed E-state index contributed by atoms with van der Waals surface area (Å²) in [6, 6.07) is 4.52. The fourth-order valence-corrected chi connectivity index (χ4v) is 2.59. The second-order valence-corrected chi connectivity index (χ2v) is 5.62. The van der Waals surface area contributed by atoms with Crippen molar-refractivity contribution in [3.05, 3.63) is 34.4 Å². The first-order valence-electron chi connectivity index (χ1n) is 6.83. The number of aryl methyl sites for hydroxylation is 3. The first kappa shape index (κ1) is 14.1. The number of hydrogen-bond donors (Lipinski definition) is 0. The molecule has 0 saturated heterocycles. The maximum atomic E-state index is 12.2. The second-order valence-electron chi connectivity index (χ2n) is 5.62. The third-order valence-corrected chi connectivity index (χ3v) is 4.13. The predicted octanol–water partition coefficient (Wildman–Crippen LogP) is 2.92. The van der Waals surface area contributed by atoms with Gasteiger partial charge in [0.2, 0.25) is 0 Å². The van der Waals surface area contributed by atoms with Crippen molar-refractivity contribution in [3.63, 3.8) is 0 Å². The van der Waals surface area contributed by atoms with E-state index in [9.17, 15) is 4.79 Å². The van der Waals surface area contributed by atoms with Crippen LogP contribution in [0.4, 0.5) is 0 Å². The Balaban J connectivity index is 2.42. The monoisotopic (exact) mass is 261 g/mol. The Labute approximate surface area is 115 Å². The van der Waals surface area contributed by atoms with Gasteiger partial charge in [0.25, 0.3) is 0 Å². The SMILES string of the molecule is COC(=O)C(c1cc(C)c(C)cc1C)N(C)C1CC1. The van der Waals surface area contributed by atoms with Crippen LogP contribution in [0.3, 0.4) is 0 Å². The highest BCUT2D eigenvalue weighted by molar-refractivity contribution is 5.78. The number of esters is 1. The molecule has 1 unspecified atom stereocenters. The average molecular weight is 261 g/mol. The summed E-state index contributed by atoms with van der Waals surface area (Å²) in [5, 5.41) is 0. The van der Waals surface area contributed by atoms with Gasteiger partial charge in [-0.2, -0.15) is 0 Å². The van der Waals surface area contributed by atoms with E-state index < -0.39 is 0 Å². The van der Waals surface area contributed by atoms with Crippen LogP contribution in [0.25, 0.3) is 0 Å². The molecule has 1 aromatic rings. The molecule has 19 heavy (non-hydrogen) atoms. The van der Waals surface area contributed by atoms with Crippen LogP contribution < -0.4 is 0 Å². The minimum Gasteiger partial charge on any atom is -0.468 e. The number of carbonyl (C=O) groups excluding carboxylic acids is 1. The van der Waals surface area contributed by atoms with E-state index in [1.807, 2.05) is 7.05 Å². The van der Waals surface area contributed by atoms with Gasteiger partial charge in [0.1, 0.15) is 6.04 Å². The molecule has 1 atom stereocenters. The lowest BCUT2D eigenvalue weighted by molar-refractivity contribution is -0.147. The molecule has 0 aliphatic heterocycles. The fourth-order valence-electron chi connectivity index (χ4n) is 2.59. The van der Waals surface area contributed by atoms with Crippen molar-refractivity contribution in [2.45, 2.75) is 45.7 Å². The standard InChI is InChI=1S/C16H23NO2/c1-10-8-12(3)14(9-11(10)2)15(16(18)19-5)17(4)13-6-7-13/h8-9,13,15H,6-7H2,1-5H3. The summed E-state index contributed by atoms with van der Waals surface area (Å²) >= 11 is 0. The number of benzene rings is 1. The van der Waals surface area contributed by atoms with Crippen LogP contribution in [-0.4, -0.2) is 31.1 Å². The van der Waals surface area contributed by atoms with Gasteiger partial charge >= 0.3 is 5.97 Å². The van der Waals surface area contributed by atoms with Crippen LogP contribution in [0.5, 0.6) is 0 Å². The van der Waals surface area contributed by atoms with Gasteiger partial charge < -0.3 is 4.74 Å². The van der Waals surface area contributed by atoms with Crippen molar-refractivity contribution in [2.75, 3.05) is 14.2 Å². The number of ether oxygens (including phenoxy) is 1. The molecule has 0 bridgehead atoms. The Morgan fingerprint density at radius 2 is 1.79 bits per heavy atom. The van der Waals surface area contributed by atoms with Gasteiger partial charge in [0.05, 0.1) is 7.11 Å². The van der Waals surface area contributed by atoms with Crippen molar-refractivity contribution in [2.24, 2.45) is 0 Å². The summed E-state index contributed by atoms with van der Waals surface area (Å²) in [5.74, 6) is -0.166. The van der Waals surface area contributed by atoms with E-state index >= 15 is 0 Å². The van der Waals surface area contributed by atoms with E-state index in [1.165, 1.54) is 31.1 Å². The normalized spacial score (nSPS) is 16.5. The van der Waals surface area contributed by atoms with E-state index in [-0.39, 0.29) is 12.0 Å². The highest BCUT2D eigenvalue weighted by Crippen LogP contribution is 2.35. The molecule has 2 rings (SSSR count). The number of carbonyl (C=O) groups is 1. The summed E-state index contributed by atoms with van der Waals surface area (Å²) in [6.07, 6.45) is 2.35. The van der Waals surface area contributed by atoms with Gasteiger partial charge in [-0.15, -0.1) is 0 Å². The van der Waals surface area contributed by atoms with Crippen LogP contribution in [-0.2, 0) is 9.53 Å². The number of methoxy groups -OCH3 is 1. The van der Waals surface area contributed by atoms with Crippen molar-refractivity contribution >= 4 is 5.97 Å². The Morgan fingerprint density at radius 1 is 1.21 bits per heavy atom. The molecule has 1 aliphatic carbocycles. The number of hydrogen-bond acceptors (Lipinski definition) is 3. The zero-order chi connectivity index (χ0) is 14.2. The maximum absolute atomic E-state index is 12.2. The summed E-state index contributed by atoms with van der Waals surface area (Å²) < 4.78 is 5.01. The maximum Gasteiger partial charge on any atom is 0.327 e. The molecule has 1 aromatic carbocycles. The second kappa shape index (κ2) is 5.33. The molecule has 3 nitrogen and oxygen atoms in total. The number of rotatable bonds is 4. The van der Waals surface area contributed by atoms with Gasteiger partial charge in [0.15, 0.2) is 0 Å². The highest BCUT2D eigenvalue weighted by atomic mass is 16.5. The Hall–Kier alpha value is -1.35. The lowest BCUT2D eigenvalue weighted by Crippen LogP contribution is -2.34. The molecule has 0 N–H and O–H groups in total. The van der Waals surface area contributed by atoms with Crippen LogP contribution in [0.1, 0.15) is 41.1 Å². The van der Waals surface area contributed by atoms with Crippen molar-refractivity contribution in [3.8, 4) is 0 Å². The Bertz CT molecular complexity index is 492. The largest absolute Gasteiger partial charge is 0.468 e. The molecule has 0 aromatic heterocycles. The van der Waals surface area contributed by atoms with Gasteiger partial charge in [-0.05, 0) is 62.9 Å². The quantitative estimate of drug-likeness (QED) is 0.780. The van der Waals surface area contributed by atoms with E-state index in [4.69, 9.17) is 4.74 Å². The van der Waals surface area contributed by atoms with Crippen LogP contribution in [0.2, 0.25) is 0 Å². The first-order valence-corrected chi connectivity index (χ1v) is 6.83. The van der Waals surface area contributed by atoms with Crippen LogP contribution >= 0.6 is 0 Å². The van der Waals surface area contributed by atoms with Crippen LogP contribution in [0.15, 0.2) is 12.1 Å². The smallest absolute Gasteiger partial charge is 0.327 e. The van der Waals surface area contributed by atoms with E-state index in [0.29, 0.717) is 6.04 Å². The lowest BCUT2D eigenvalue weighted by Gasteiger charge is -2.28. The zero-order valence-electron chi connectivity index (χ0n) is 12.5. The van der Waals surface area contributed by atoms with E-state index in [2.05, 4.69) is 37.8 Å². The predicted molar refractivity (Wildman–Crippen MR) is 76.2 cm³/mol. The molecule has 1 saturated carbocycles. The van der Waals surface area contributed by atoms with Crippen molar-refractivity contribution in [1.29, 1.82) is 0 Å². The van der Waals surface area contributed by atoms with Crippen molar-refractivity contribution < 1.29 is 9.53 Å². The number of likely N-dealkylation sites (N-methyl/N-ethyl adjacent to an activating group) is 1. The Kier molecular flexibility index (Phi) is 3.95. The topological polar surface area (TPSA) is 29.5 Å². The van der Waals surface area contributed by atoms with Crippen molar-refractivity contribution in [1.82, 2.24) is 4.90 Å². The zero-order valence-corrected chi connectivity index (χ0v) is 12.5. The molecule has 0 spiro atoms. The summed E-state index contributed by atoms with van der Waals surface area (Å²) in [7, 11) is 3.49. The van der Waals surface area contributed by atoms with Gasteiger partial charge in [-0.25, -0.2) is 4.79 Å². The molecule has 3 heteroatoms. The average Bonchev–Trinajstić information content (AvgIpc) is 3.19. The van der Waals surface area contributed by atoms with Gasteiger partial charge in [-0.3, -0.25) is 4.90 Å². The van der Waals surface area contributed by atoms with E-state index in [0.717, 1.165) is 11.1 Å². The third kappa shape index (κ3) is 2.81. The molecule has 1 aliphatic rings. The Morgan fingerprint density at radius 3 is 2.32 bits per heavy atom. The third-order valence-electron chi connectivity index (χ3n) is 4.13. The number of nitrogens with zero attached hydrogens (tertiary/aromatic N) is 1. The molecule has 0 radical (unpaired) electrons. The van der Waals surface area contributed by atoms with E-state index in [1.54, 1.807) is 0 Å². The summed E-state index contributed by atoms with van der Waals surface area (Å²) in [5.41, 5.74) is 4.72. The molecule has 0 amide bonds. The molecule has 104 valence electrons. The molecule has 1 fully saturated rings. The van der Waals surface area contributed by atoms with Crippen LogP contribution in [0, 0.1) is 20.8 Å².